The summed E-state index contributed by atoms with van der Waals surface area (Å²) in [6.45, 7) is 14.3. The van der Waals surface area contributed by atoms with E-state index in [2.05, 4.69) is 75.4 Å². The zero-order valence-corrected chi connectivity index (χ0v) is 15.0. The van der Waals surface area contributed by atoms with Crippen LogP contribution in [-0.4, -0.2) is 43.6 Å². The van der Waals surface area contributed by atoms with E-state index in [1.807, 2.05) is 0 Å². The molecule has 2 N–H and O–H groups in total. The number of guanidine groups is 1. The van der Waals surface area contributed by atoms with Gasteiger partial charge < -0.3 is 15.5 Å². The topological polar surface area (TPSA) is 39.7 Å². The van der Waals surface area contributed by atoms with Crippen LogP contribution in [-0.2, 0) is 6.54 Å². The smallest absolute Gasteiger partial charge is 0.191 e. The third kappa shape index (κ3) is 6.48. The molecule has 0 aliphatic rings. The minimum Gasteiger partial charge on any atom is -0.357 e. The van der Waals surface area contributed by atoms with Gasteiger partial charge in [0.1, 0.15) is 0 Å². The zero-order valence-electron chi connectivity index (χ0n) is 15.0. The van der Waals surface area contributed by atoms with E-state index in [1.165, 1.54) is 16.7 Å². The summed E-state index contributed by atoms with van der Waals surface area (Å²) in [4.78, 5) is 7.01. The Hall–Kier alpha value is -1.55. The van der Waals surface area contributed by atoms with Crippen LogP contribution in [0.25, 0.3) is 0 Å². The Balaban J connectivity index is 2.58. The number of rotatable bonds is 7. The zero-order chi connectivity index (χ0) is 16.5. The highest BCUT2D eigenvalue weighted by Crippen LogP contribution is 2.11. The summed E-state index contributed by atoms with van der Waals surface area (Å²) in [6, 6.07) is 7.10. The highest BCUT2D eigenvalue weighted by Gasteiger charge is 2.04. The third-order valence-corrected chi connectivity index (χ3v) is 3.89. The van der Waals surface area contributed by atoms with E-state index in [9.17, 15) is 0 Å². The second-order valence-electron chi connectivity index (χ2n) is 6.13. The van der Waals surface area contributed by atoms with Gasteiger partial charge in [0, 0.05) is 25.7 Å². The predicted octanol–water partition coefficient (Wildman–Crippen LogP) is 2.70. The summed E-state index contributed by atoms with van der Waals surface area (Å²) in [5.74, 6) is 0.889. The van der Waals surface area contributed by atoms with E-state index in [-0.39, 0.29) is 0 Å². The number of likely N-dealkylation sites (N-methyl/N-ethyl adjacent to an activating group) is 1. The summed E-state index contributed by atoms with van der Waals surface area (Å²) in [6.07, 6.45) is 0. The molecule has 4 heteroatoms. The monoisotopic (exact) mass is 304 g/mol. The van der Waals surface area contributed by atoms with Crippen molar-refractivity contribution in [2.24, 2.45) is 4.99 Å². The average Bonchev–Trinajstić information content (AvgIpc) is 2.45. The molecule has 0 saturated heterocycles. The van der Waals surface area contributed by atoms with Crippen molar-refractivity contribution in [2.75, 3.05) is 26.7 Å². The number of hydrogen-bond donors (Lipinski definition) is 2. The lowest BCUT2D eigenvalue weighted by Gasteiger charge is -2.21. The molecule has 0 aromatic heterocycles. The highest BCUT2D eigenvalue weighted by atomic mass is 15.2. The molecule has 0 bridgehead atoms. The van der Waals surface area contributed by atoms with E-state index in [0.717, 1.165) is 25.6 Å². The molecule has 1 aromatic rings. The van der Waals surface area contributed by atoms with Gasteiger partial charge in [0.15, 0.2) is 5.96 Å². The van der Waals surface area contributed by atoms with Gasteiger partial charge in [0.2, 0.25) is 0 Å². The molecule has 0 saturated carbocycles. The van der Waals surface area contributed by atoms with E-state index < -0.39 is 0 Å². The summed E-state index contributed by atoms with van der Waals surface area (Å²) in [5.41, 5.74) is 3.88. The second-order valence-corrected chi connectivity index (χ2v) is 6.13. The Bertz CT molecular complexity index is 480. The van der Waals surface area contributed by atoms with Crippen molar-refractivity contribution in [3.8, 4) is 0 Å². The molecule has 1 rings (SSSR count). The summed E-state index contributed by atoms with van der Waals surface area (Å²) in [7, 11) is 2.14. The fourth-order valence-corrected chi connectivity index (χ4v) is 2.14. The van der Waals surface area contributed by atoms with E-state index in [4.69, 9.17) is 4.99 Å². The number of aliphatic imine (C=N–C) groups is 1. The third-order valence-electron chi connectivity index (χ3n) is 3.89. The van der Waals surface area contributed by atoms with Gasteiger partial charge >= 0.3 is 0 Å². The maximum atomic E-state index is 4.69. The molecule has 0 aliphatic carbocycles. The fraction of sp³-hybridized carbons (Fsp3) is 0.611. The number of aryl methyl sites for hydroxylation is 2. The van der Waals surface area contributed by atoms with Gasteiger partial charge in [-0.3, -0.25) is 0 Å². The van der Waals surface area contributed by atoms with Crippen LogP contribution >= 0.6 is 0 Å². The van der Waals surface area contributed by atoms with E-state index in [1.54, 1.807) is 0 Å². The van der Waals surface area contributed by atoms with Crippen molar-refractivity contribution < 1.29 is 0 Å². The molecule has 0 spiro atoms. The molecule has 0 aliphatic heterocycles. The molecule has 0 unspecified atom stereocenters. The van der Waals surface area contributed by atoms with Gasteiger partial charge in [-0.15, -0.1) is 0 Å². The Morgan fingerprint density at radius 2 is 1.95 bits per heavy atom. The molecule has 0 atom stereocenters. The van der Waals surface area contributed by atoms with Crippen molar-refractivity contribution in [1.82, 2.24) is 15.5 Å². The van der Waals surface area contributed by atoms with Gasteiger partial charge in [0.05, 0.1) is 6.54 Å². The number of hydrogen-bond acceptors (Lipinski definition) is 2. The molecule has 0 heterocycles. The largest absolute Gasteiger partial charge is 0.357 e. The van der Waals surface area contributed by atoms with Gasteiger partial charge in [-0.25, -0.2) is 4.99 Å². The first-order valence-electron chi connectivity index (χ1n) is 8.22. The fourth-order valence-electron chi connectivity index (χ4n) is 2.14. The Morgan fingerprint density at radius 3 is 2.55 bits per heavy atom. The Morgan fingerprint density at radius 1 is 1.23 bits per heavy atom. The maximum absolute atomic E-state index is 4.69. The van der Waals surface area contributed by atoms with Crippen molar-refractivity contribution in [2.45, 2.75) is 47.2 Å². The molecular formula is C18H32N4. The number of nitrogens with zero attached hydrogens (tertiary/aromatic N) is 2. The number of benzene rings is 1. The quantitative estimate of drug-likeness (QED) is 0.601. The molecule has 4 nitrogen and oxygen atoms in total. The van der Waals surface area contributed by atoms with Crippen LogP contribution < -0.4 is 10.6 Å². The van der Waals surface area contributed by atoms with Crippen molar-refractivity contribution >= 4 is 5.96 Å². The lowest BCUT2D eigenvalue weighted by atomic mass is 10.1. The normalized spacial score (nSPS) is 12.1. The lowest BCUT2D eigenvalue weighted by molar-refractivity contribution is 0.278. The number of nitrogens with one attached hydrogen (secondary N) is 2. The van der Waals surface area contributed by atoms with Crippen LogP contribution in [0, 0.1) is 13.8 Å². The van der Waals surface area contributed by atoms with Gasteiger partial charge in [0.25, 0.3) is 0 Å². The average molecular weight is 304 g/mol. The van der Waals surface area contributed by atoms with E-state index >= 15 is 0 Å². The van der Waals surface area contributed by atoms with Crippen molar-refractivity contribution in [3.05, 3.63) is 34.9 Å². The van der Waals surface area contributed by atoms with Gasteiger partial charge in [-0.05, 0) is 52.8 Å². The molecular weight excluding hydrogens is 272 g/mol. The Kier molecular flexibility index (Phi) is 7.96. The standard InChI is InChI=1S/C18H32N4/c1-7-19-18(20-10-11-22(6)14(2)3)21-13-17-9-8-15(4)12-16(17)5/h8-9,12,14H,7,10-11,13H2,1-6H3,(H2,19,20,21). The van der Waals surface area contributed by atoms with E-state index in [0.29, 0.717) is 12.6 Å². The van der Waals surface area contributed by atoms with Crippen molar-refractivity contribution in [1.29, 1.82) is 0 Å². The summed E-state index contributed by atoms with van der Waals surface area (Å²) < 4.78 is 0. The summed E-state index contributed by atoms with van der Waals surface area (Å²) >= 11 is 0. The molecule has 1 aromatic carbocycles. The van der Waals surface area contributed by atoms with Crippen LogP contribution in [0.15, 0.2) is 23.2 Å². The molecule has 0 radical (unpaired) electrons. The summed E-state index contributed by atoms with van der Waals surface area (Å²) in [5, 5.41) is 6.71. The molecule has 0 fully saturated rings. The van der Waals surface area contributed by atoms with Crippen LogP contribution in [0.1, 0.15) is 37.5 Å². The SMILES string of the molecule is CCNC(=NCc1ccc(C)cc1C)NCCN(C)C(C)C. The first-order chi connectivity index (χ1) is 10.4. The van der Waals surface area contributed by atoms with Crippen molar-refractivity contribution in [3.63, 3.8) is 0 Å². The minimum atomic E-state index is 0.566. The molecule has 124 valence electrons. The first-order valence-corrected chi connectivity index (χ1v) is 8.22. The molecule has 0 amide bonds. The first kappa shape index (κ1) is 18.5. The van der Waals surface area contributed by atoms with Crippen LogP contribution in [0.5, 0.6) is 0 Å². The second kappa shape index (κ2) is 9.46. The predicted molar refractivity (Wildman–Crippen MR) is 96.5 cm³/mol. The van der Waals surface area contributed by atoms with Gasteiger partial charge in [-0.2, -0.15) is 0 Å². The van der Waals surface area contributed by atoms with Crippen LogP contribution in [0.4, 0.5) is 0 Å². The van der Waals surface area contributed by atoms with Crippen LogP contribution in [0.3, 0.4) is 0 Å². The maximum Gasteiger partial charge on any atom is 0.191 e. The molecule has 22 heavy (non-hydrogen) atoms. The Labute approximate surface area is 136 Å². The van der Waals surface area contributed by atoms with Gasteiger partial charge in [-0.1, -0.05) is 23.8 Å². The highest BCUT2D eigenvalue weighted by molar-refractivity contribution is 5.79. The van der Waals surface area contributed by atoms with Crippen LogP contribution in [0.2, 0.25) is 0 Å². The minimum absolute atomic E-state index is 0.566. The lowest BCUT2D eigenvalue weighted by Crippen LogP contribution is -2.42.